The number of carboxylic acid groups (broad SMARTS) is 1. The molecule has 322 valence electrons. The molecule has 0 aliphatic carbocycles. The highest BCUT2D eigenvalue weighted by molar-refractivity contribution is 7.85. The fraction of sp³-hybridized carbons (Fsp3) is 0.333. The van der Waals surface area contributed by atoms with Crippen LogP contribution in [0.4, 0.5) is 10.9 Å². The molecule has 5 N–H and O–H groups in total. The molecule has 0 bridgehead atoms. The lowest BCUT2D eigenvalue weighted by molar-refractivity contribution is -0.656. The summed E-state index contributed by atoms with van der Waals surface area (Å²) in [5.74, 6) is 33.7. The van der Waals surface area contributed by atoms with Gasteiger partial charge in [0.15, 0.2) is 16.6 Å². The van der Waals surface area contributed by atoms with Crippen LogP contribution in [0.2, 0.25) is 0 Å². The number of aromatic nitrogens is 2. The summed E-state index contributed by atoms with van der Waals surface area (Å²) < 4.78 is 35.7. The number of hydrogen-bond donors (Lipinski definition) is 4. The third-order valence-electron chi connectivity index (χ3n) is 8.92. The molecule has 0 unspecified atom stereocenters. The van der Waals surface area contributed by atoms with Gasteiger partial charge in [-0.1, -0.05) is 17.0 Å². The first-order chi connectivity index (χ1) is 30.0. The zero-order chi connectivity index (χ0) is 46.0. The largest absolute Gasteiger partial charge is 0.489 e. The van der Waals surface area contributed by atoms with Crippen LogP contribution >= 0.6 is 11.3 Å². The Morgan fingerprint density at radius 1 is 1.05 bits per heavy atom. The molecular weight excluding hydrogens is 847 g/mol. The maximum Gasteiger partial charge on any atom is 0.351 e. The van der Waals surface area contributed by atoms with Crippen molar-refractivity contribution in [2.45, 2.75) is 45.8 Å². The number of thiazole rings is 1. The van der Waals surface area contributed by atoms with Gasteiger partial charge in [-0.2, -0.15) is 13.5 Å². The number of carbonyl (C=O) groups is 3. The fourth-order valence-corrected chi connectivity index (χ4v) is 6.68. The number of β-lactam (4-membered cyclic amide) rings is 1. The maximum atomic E-state index is 13.4. The van der Waals surface area contributed by atoms with Gasteiger partial charge in [0.1, 0.15) is 18.1 Å². The first-order valence-corrected chi connectivity index (χ1v) is 21.5. The Hall–Kier alpha value is -7.47. The minimum Gasteiger partial charge on any atom is -0.489 e. The highest BCUT2D eigenvalue weighted by Crippen LogP contribution is 2.40. The predicted octanol–water partition coefficient (Wildman–Crippen LogP) is 1.72. The van der Waals surface area contributed by atoms with Gasteiger partial charge in [0, 0.05) is 30.8 Å². The van der Waals surface area contributed by atoms with Crippen LogP contribution in [0.15, 0.2) is 41.0 Å². The summed E-state index contributed by atoms with van der Waals surface area (Å²) in [5.41, 5.74) is 4.27. The molecule has 18 heteroatoms. The molecule has 2 aromatic heterocycles. The number of amides is 1. The first kappa shape index (κ1) is 48.2. The van der Waals surface area contributed by atoms with Gasteiger partial charge in [0.25, 0.3) is 27.9 Å². The van der Waals surface area contributed by atoms with E-state index in [4.69, 9.17) is 19.6 Å². The average molecular weight is 889 g/mol. The average Bonchev–Trinajstić information content (AvgIpc) is 3.65. The topological polar surface area (TPSA) is 216 Å². The van der Waals surface area contributed by atoms with E-state index >= 15 is 0 Å². The molecule has 0 radical (unpaired) electrons. The molecular formula is C45H42N7O9S2+. The lowest BCUT2D eigenvalue weighted by atomic mass is 9.74. The number of Topliss-reactive ketones (excluding diaryl/α,β-unsaturated/α-hetero) is 1. The number of fused-ring (bicyclic) bond motifs is 1. The lowest BCUT2D eigenvalue weighted by Crippen LogP contribution is -2.68. The van der Waals surface area contributed by atoms with Crippen LogP contribution in [0.5, 0.6) is 5.75 Å². The molecule has 63 heavy (non-hydrogen) atoms. The molecule has 1 aromatic carbocycles. The van der Waals surface area contributed by atoms with E-state index in [1.807, 2.05) is 29.9 Å². The van der Waals surface area contributed by atoms with Crippen molar-refractivity contribution >= 4 is 66.5 Å². The van der Waals surface area contributed by atoms with Gasteiger partial charge in [0.2, 0.25) is 0 Å². The molecule has 0 saturated carbocycles. The van der Waals surface area contributed by atoms with Crippen LogP contribution in [-0.4, -0.2) is 91.1 Å². The van der Waals surface area contributed by atoms with Gasteiger partial charge in [-0.25, -0.2) is 14.3 Å². The molecule has 2 aliphatic rings. The molecule has 2 atom stereocenters. The number of oxime groups is 1. The molecule has 2 fully saturated rings. The summed E-state index contributed by atoms with van der Waals surface area (Å²) in [6.45, 7) is 8.84. The molecule has 2 saturated heterocycles. The fourth-order valence-electron chi connectivity index (χ4n) is 5.59. The van der Waals surface area contributed by atoms with E-state index in [1.165, 1.54) is 5.38 Å². The Morgan fingerprint density at radius 2 is 1.65 bits per heavy atom. The zero-order valence-electron chi connectivity index (χ0n) is 35.1. The van der Waals surface area contributed by atoms with Crippen molar-refractivity contribution in [3.63, 3.8) is 0 Å². The van der Waals surface area contributed by atoms with Gasteiger partial charge in [-0.05, 0) is 128 Å². The van der Waals surface area contributed by atoms with E-state index in [0.29, 0.717) is 16.7 Å². The molecule has 16 nitrogen and oxygen atoms in total. The van der Waals surface area contributed by atoms with Crippen molar-refractivity contribution in [1.29, 1.82) is 0 Å². The van der Waals surface area contributed by atoms with Gasteiger partial charge < -0.3 is 25.7 Å². The third kappa shape index (κ3) is 14.3. The minimum atomic E-state index is -3.99. The number of pyridine rings is 1. The van der Waals surface area contributed by atoms with Crippen molar-refractivity contribution in [3.8, 4) is 88.6 Å². The number of ether oxygens (including phenoxy) is 1. The summed E-state index contributed by atoms with van der Waals surface area (Å²) >= 11 is 1.02. The summed E-state index contributed by atoms with van der Waals surface area (Å²) in [5, 5.41) is 24.6. The molecule has 3 aromatic rings. The van der Waals surface area contributed by atoms with E-state index in [-0.39, 0.29) is 16.5 Å². The van der Waals surface area contributed by atoms with E-state index in [0.717, 1.165) is 53.8 Å². The zero-order valence-corrected chi connectivity index (χ0v) is 36.8. The van der Waals surface area contributed by atoms with Gasteiger partial charge in [-0.3, -0.25) is 14.9 Å². The second-order valence-corrected chi connectivity index (χ2v) is 16.4. The van der Waals surface area contributed by atoms with E-state index in [9.17, 15) is 27.9 Å². The van der Waals surface area contributed by atoms with Crippen molar-refractivity contribution in [2.24, 2.45) is 24.0 Å². The number of nitrogens with two attached hydrogens (primary N) is 1. The lowest BCUT2D eigenvalue weighted by Gasteiger charge is -2.51. The number of nitrogens with one attached hydrogen (secondary N) is 2. The van der Waals surface area contributed by atoms with Crippen LogP contribution < -0.4 is 25.7 Å². The normalized spacial score (nSPS) is 15.0. The van der Waals surface area contributed by atoms with Crippen LogP contribution in [-0.2, 0) is 40.7 Å². The number of aryl methyl sites for hydroxylation is 1. The Kier molecular flexibility index (Phi) is 17.6. The van der Waals surface area contributed by atoms with Crippen molar-refractivity contribution < 1.29 is 46.3 Å². The smallest absolute Gasteiger partial charge is 0.351 e. The number of aliphatic carboxylic acids is 1. The molecule has 4 heterocycles. The Morgan fingerprint density at radius 3 is 2.14 bits per heavy atom. The molecule has 2 aliphatic heterocycles. The van der Waals surface area contributed by atoms with Gasteiger partial charge in [0.05, 0.1) is 42.9 Å². The predicted molar refractivity (Wildman–Crippen MR) is 237 cm³/mol. The maximum absolute atomic E-state index is 13.4. The number of ketones is 1. The number of carbonyl (C=O) groups excluding carboxylic acids is 2. The molecule has 5 rings (SSSR count). The van der Waals surface area contributed by atoms with E-state index in [2.05, 4.69) is 104 Å². The third-order valence-corrected chi connectivity index (χ3v) is 10.0. The number of anilines is 2. The van der Waals surface area contributed by atoms with Crippen LogP contribution in [0.3, 0.4) is 0 Å². The molecule has 1 amide bonds. The number of benzene rings is 1. The van der Waals surface area contributed by atoms with Gasteiger partial charge in [-0.15, -0.1) is 15.6 Å². The van der Waals surface area contributed by atoms with E-state index < -0.39 is 58.4 Å². The summed E-state index contributed by atoms with van der Waals surface area (Å²) in [7, 11) is -2.04. The minimum absolute atomic E-state index is 0.0251. The number of rotatable bonds is 15. The highest BCUT2D eigenvalue weighted by atomic mass is 32.2. The van der Waals surface area contributed by atoms with Crippen molar-refractivity contribution in [1.82, 2.24) is 15.4 Å². The first-order valence-electron chi connectivity index (χ1n) is 18.8. The monoisotopic (exact) mass is 888 g/mol. The van der Waals surface area contributed by atoms with Crippen LogP contribution in [0.1, 0.15) is 39.8 Å². The standard InChI is InChI=1S/C29H35N7O9S2.C16H6/c1-29(2)20(26(38)36(29)45-47(4,41)42)10-22(37)24(21-15-46-28(30)33-21)34-44-23(27(39)40)14-43-18-5-6-19-17(9-18)7-8-35(3)25(19)32-13-16-11-31-12-16;1-3-5-7-9-11-13-15-16-14-12-10-8-6-4-2/h5-9,15-16,20,23,31H,10-14H2,1-4H3,(H3,30,33,39,40);1-2H3/p+1/b34-24-;/t20-,23+;/m1./s1. The number of carboxylic acids is 1. The number of nitrogen functional groups attached to an aromatic ring is 1. The quantitative estimate of drug-likeness (QED) is 0.0564. The van der Waals surface area contributed by atoms with Crippen LogP contribution in [0, 0.1) is 94.7 Å². The van der Waals surface area contributed by atoms with Crippen molar-refractivity contribution in [2.75, 3.05) is 43.5 Å². The second kappa shape index (κ2) is 22.9. The SMILES string of the molecule is CC#CC#CC#CC#CC#CC#CC#CC.C[n+]1ccc2cc(OC[C@H](O/N=C(\C(=O)C[C@@H]3C(=O)N(OS(C)(=O)=O)C3(C)C)c3csc(N)n3)C(=O)O)ccc2c1NCC1CNC1. The number of nitrogens with zero attached hydrogens (tertiary/aromatic N) is 4. The molecule has 0 spiro atoms. The summed E-state index contributed by atoms with van der Waals surface area (Å²) in [4.78, 5) is 47.6. The number of hydrogen-bond acceptors (Lipinski definition) is 14. The Balaban J connectivity index is 0.000000463. The Labute approximate surface area is 370 Å². The van der Waals surface area contributed by atoms with Crippen LogP contribution in [0.25, 0.3) is 10.8 Å². The van der Waals surface area contributed by atoms with E-state index in [1.54, 1.807) is 39.8 Å². The number of hydroxylamine groups is 2. The van der Waals surface area contributed by atoms with Gasteiger partial charge >= 0.3 is 5.97 Å². The summed E-state index contributed by atoms with van der Waals surface area (Å²) in [6.07, 6.45) is 0.692. The highest BCUT2D eigenvalue weighted by Gasteiger charge is 2.57. The second-order valence-electron chi connectivity index (χ2n) is 13.9. The summed E-state index contributed by atoms with van der Waals surface area (Å²) in [6, 6.07) is 7.32. The Bertz CT molecular complexity index is 2800. The van der Waals surface area contributed by atoms with Crippen molar-refractivity contribution in [3.05, 3.63) is 41.5 Å².